The number of hydrogen-bond acceptors (Lipinski definition) is 5. The first-order chi connectivity index (χ1) is 6.97. The van der Waals surface area contributed by atoms with E-state index in [1.165, 1.54) is 11.8 Å². The fourth-order valence-corrected chi connectivity index (χ4v) is 3.00. The minimum Gasteiger partial charge on any atom is -0.317 e. The first kappa shape index (κ1) is 12.8. The van der Waals surface area contributed by atoms with Gasteiger partial charge >= 0.3 is 0 Å². The van der Waals surface area contributed by atoms with Crippen LogP contribution in [0.3, 0.4) is 0 Å². The van der Waals surface area contributed by atoms with Gasteiger partial charge in [-0.2, -0.15) is 0 Å². The molecular formula is C8H16N2O3S2. The molecule has 0 spiro atoms. The Balaban J connectivity index is 2.21. The zero-order valence-corrected chi connectivity index (χ0v) is 10.3. The van der Waals surface area contributed by atoms with Crippen molar-refractivity contribution in [1.29, 1.82) is 0 Å². The van der Waals surface area contributed by atoms with Crippen LogP contribution >= 0.6 is 11.8 Å². The maximum Gasteiger partial charge on any atom is 0.243 e. The molecule has 1 aliphatic rings. The molecule has 0 atom stereocenters. The third-order valence-electron chi connectivity index (χ3n) is 2.04. The number of nitrogens with one attached hydrogen (secondary N) is 2. The Bertz CT molecular complexity index is 310. The summed E-state index contributed by atoms with van der Waals surface area (Å²) in [7, 11) is -3.40. The molecule has 0 radical (unpaired) electrons. The second kappa shape index (κ2) is 5.72. The lowest BCUT2D eigenvalue weighted by molar-refractivity contribution is -0.116. The lowest BCUT2D eigenvalue weighted by Gasteiger charge is -2.21. The van der Waals surface area contributed by atoms with E-state index in [-0.39, 0.29) is 5.75 Å². The molecule has 1 fully saturated rings. The number of carbonyl (C=O) groups is 1. The van der Waals surface area contributed by atoms with Crippen molar-refractivity contribution in [2.75, 3.05) is 25.1 Å². The summed E-state index contributed by atoms with van der Waals surface area (Å²) >= 11 is 1.53. The number of amides is 1. The predicted molar refractivity (Wildman–Crippen MR) is 61.3 cm³/mol. The summed E-state index contributed by atoms with van der Waals surface area (Å²) in [5.41, 5.74) is 0. The molecule has 1 amide bonds. The summed E-state index contributed by atoms with van der Waals surface area (Å²) in [6.45, 7) is 1.96. The lowest BCUT2D eigenvalue weighted by Crippen LogP contribution is -2.33. The third-order valence-corrected chi connectivity index (χ3v) is 4.01. The van der Waals surface area contributed by atoms with Crippen molar-refractivity contribution in [3.05, 3.63) is 0 Å². The van der Waals surface area contributed by atoms with E-state index in [1.807, 2.05) is 4.72 Å². The van der Waals surface area contributed by atoms with Crippen LogP contribution in [0.2, 0.25) is 0 Å². The smallest absolute Gasteiger partial charge is 0.243 e. The molecule has 7 heteroatoms. The summed E-state index contributed by atoms with van der Waals surface area (Å²) in [5, 5.41) is 3.70. The number of piperidine rings is 1. The minimum absolute atomic E-state index is 0.220. The summed E-state index contributed by atoms with van der Waals surface area (Å²) in [6, 6.07) is 0. The Hall–Kier alpha value is -0.270. The fourth-order valence-electron chi connectivity index (χ4n) is 1.39. The van der Waals surface area contributed by atoms with Gasteiger partial charge in [-0.3, -0.25) is 9.52 Å². The molecule has 0 unspecified atom stereocenters. The molecule has 0 saturated carbocycles. The molecule has 1 aliphatic heterocycles. The molecule has 2 N–H and O–H groups in total. The first-order valence-corrected chi connectivity index (χ1v) is 7.74. The molecule has 0 aromatic heterocycles. The van der Waals surface area contributed by atoms with E-state index in [9.17, 15) is 13.2 Å². The molecule has 1 rings (SSSR count). The molecule has 0 aromatic rings. The van der Waals surface area contributed by atoms with Crippen molar-refractivity contribution in [2.45, 2.75) is 18.1 Å². The number of thioether (sulfide) groups is 1. The predicted octanol–water partition coefficient (Wildman–Crippen LogP) is -0.453. The normalized spacial score (nSPS) is 18.7. The largest absolute Gasteiger partial charge is 0.317 e. The third kappa shape index (κ3) is 6.01. The maximum absolute atomic E-state index is 11.2. The van der Waals surface area contributed by atoms with Gasteiger partial charge in [-0.05, 0) is 25.9 Å². The Kier molecular flexibility index (Phi) is 4.88. The van der Waals surface area contributed by atoms with Crippen molar-refractivity contribution < 1.29 is 13.2 Å². The van der Waals surface area contributed by atoms with Gasteiger partial charge in [0.05, 0.1) is 12.0 Å². The second-order valence-electron chi connectivity index (χ2n) is 3.56. The molecule has 15 heavy (non-hydrogen) atoms. The van der Waals surface area contributed by atoms with Gasteiger partial charge < -0.3 is 5.32 Å². The van der Waals surface area contributed by atoms with Crippen LogP contribution in [-0.4, -0.2) is 44.7 Å². The van der Waals surface area contributed by atoms with Gasteiger partial charge in [0.1, 0.15) is 0 Å². The Morgan fingerprint density at radius 1 is 1.47 bits per heavy atom. The first-order valence-electron chi connectivity index (χ1n) is 4.80. The van der Waals surface area contributed by atoms with Crippen molar-refractivity contribution in [2.24, 2.45) is 0 Å². The van der Waals surface area contributed by atoms with Crippen LogP contribution in [0.25, 0.3) is 0 Å². The van der Waals surface area contributed by atoms with Gasteiger partial charge in [0.25, 0.3) is 0 Å². The van der Waals surface area contributed by atoms with Crippen LogP contribution in [0.5, 0.6) is 0 Å². The quantitative estimate of drug-likeness (QED) is 0.708. The monoisotopic (exact) mass is 252 g/mol. The topological polar surface area (TPSA) is 75.3 Å². The number of hydrogen-bond donors (Lipinski definition) is 2. The Labute approximate surface area is 94.4 Å². The highest BCUT2D eigenvalue weighted by Gasteiger charge is 2.16. The van der Waals surface area contributed by atoms with Crippen LogP contribution in [0.1, 0.15) is 12.8 Å². The van der Waals surface area contributed by atoms with E-state index in [0.717, 1.165) is 32.2 Å². The highest BCUT2D eigenvalue weighted by molar-refractivity contribution is 8.00. The van der Waals surface area contributed by atoms with E-state index in [2.05, 4.69) is 5.32 Å². The average Bonchev–Trinajstić information content (AvgIpc) is 2.14. The molecule has 5 nitrogen and oxygen atoms in total. The van der Waals surface area contributed by atoms with Gasteiger partial charge in [-0.1, -0.05) is 0 Å². The zero-order chi connectivity index (χ0) is 11.3. The maximum atomic E-state index is 11.2. The minimum atomic E-state index is -3.40. The summed E-state index contributed by atoms with van der Waals surface area (Å²) in [5.74, 6) is -0.210. The zero-order valence-electron chi connectivity index (χ0n) is 8.65. The van der Waals surface area contributed by atoms with Gasteiger partial charge in [-0.15, -0.1) is 11.8 Å². The second-order valence-corrected chi connectivity index (χ2v) is 6.59. The number of sulfonamides is 1. The van der Waals surface area contributed by atoms with E-state index in [1.54, 1.807) is 0 Å². The Morgan fingerprint density at radius 3 is 2.60 bits per heavy atom. The van der Waals surface area contributed by atoms with Gasteiger partial charge in [0, 0.05) is 5.25 Å². The molecule has 0 aromatic carbocycles. The summed E-state index contributed by atoms with van der Waals surface area (Å²) < 4.78 is 23.4. The summed E-state index contributed by atoms with van der Waals surface area (Å²) in [4.78, 5) is 11.2. The molecule has 88 valence electrons. The molecule has 0 aliphatic carbocycles. The van der Waals surface area contributed by atoms with Crippen molar-refractivity contribution in [3.63, 3.8) is 0 Å². The van der Waals surface area contributed by atoms with Crippen LogP contribution < -0.4 is 10.0 Å². The molecular weight excluding hydrogens is 236 g/mol. The van der Waals surface area contributed by atoms with Crippen molar-refractivity contribution in [1.82, 2.24) is 10.0 Å². The highest BCUT2D eigenvalue weighted by atomic mass is 32.2. The van der Waals surface area contributed by atoms with Gasteiger partial charge in [-0.25, -0.2) is 8.42 Å². The SMILES string of the molecule is CS(=O)(=O)NC(=O)CSC1CCNCC1. The van der Waals surface area contributed by atoms with Crippen LogP contribution in [0, 0.1) is 0 Å². The van der Waals surface area contributed by atoms with Gasteiger partial charge in [0.2, 0.25) is 15.9 Å². The molecule has 1 saturated heterocycles. The summed E-state index contributed by atoms with van der Waals surface area (Å²) in [6.07, 6.45) is 3.06. The van der Waals surface area contributed by atoms with Crippen LogP contribution in [-0.2, 0) is 14.8 Å². The number of carbonyl (C=O) groups excluding carboxylic acids is 1. The van der Waals surface area contributed by atoms with Crippen LogP contribution in [0.15, 0.2) is 0 Å². The molecule has 0 bridgehead atoms. The van der Waals surface area contributed by atoms with Crippen LogP contribution in [0.4, 0.5) is 0 Å². The number of rotatable bonds is 4. The van der Waals surface area contributed by atoms with E-state index in [4.69, 9.17) is 0 Å². The average molecular weight is 252 g/mol. The van der Waals surface area contributed by atoms with E-state index >= 15 is 0 Å². The fraction of sp³-hybridized carbons (Fsp3) is 0.875. The van der Waals surface area contributed by atoms with E-state index < -0.39 is 15.9 Å². The van der Waals surface area contributed by atoms with Crippen molar-refractivity contribution in [3.8, 4) is 0 Å². The molecule has 1 heterocycles. The lowest BCUT2D eigenvalue weighted by atomic mass is 10.2. The van der Waals surface area contributed by atoms with E-state index in [0.29, 0.717) is 5.25 Å². The Morgan fingerprint density at radius 2 is 2.07 bits per heavy atom. The standard InChI is InChI=1S/C8H16N2O3S2/c1-15(12,13)10-8(11)6-14-7-2-4-9-5-3-7/h7,9H,2-6H2,1H3,(H,10,11). The van der Waals surface area contributed by atoms with Gasteiger partial charge in [0.15, 0.2) is 0 Å². The van der Waals surface area contributed by atoms with Crippen molar-refractivity contribution >= 4 is 27.7 Å². The highest BCUT2D eigenvalue weighted by Crippen LogP contribution is 2.19.